The van der Waals surface area contributed by atoms with Gasteiger partial charge in [-0.05, 0) is 51.8 Å². The van der Waals surface area contributed by atoms with Gasteiger partial charge < -0.3 is 14.8 Å². The molecule has 1 unspecified atom stereocenters. The quantitative estimate of drug-likeness (QED) is 0.596. The molecule has 0 aliphatic carbocycles. The Kier molecular flexibility index (Phi) is 7.88. The van der Waals surface area contributed by atoms with Crippen LogP contribution >= 0.6 is 27.5 Å². The first-order valence-electron chi connectivity index (χ1n) is 9.23. The number of nitrogens with zero attached hydrogens (tertiary/aromatic N) is 1. The van der Waals surface area contributed by atoms with Crippen molar-refractivity contribution < 1.29 is 14.3 Å². The minimum absolute atomic E-state index is 0.0418. The van der Waals surface area contributed by atoms with Crippen molar-refractivity contribution in [2.75, 3.05) is 46.5 Å². The SMILES string of the molecule is COc1ccc(C(=O)CNCC(c2ccc(Cl)cc2)N2CCOCC2)cc1Br. The number of methoxy groups -OCH3 is 1. The summed E-state index contributed by atoms with van der Waals surface area (Å²) < 4.78 is 11.5. The van der Waals surface area contributed by atoms with Crippen LogP contribution in [0.15, 0.2) is 46.9 Å². The molecule has 1 aliphatic heterocycles. The van der Waals surface area contributed by atoms with Gasteiger partial charge in [-0.25, -0.2) is 0 Å². The Balaban J connectivity index is 1.63. The van der Waals surface area contributed by atoms with Gasteiger partial charge in [0.05, 0.1) is 31.3 Å². The lowest BCUT2D eigenvalue weighted by molar-refractivity contribution is 0.0162. The van der Waals surface area contributed by atoms with Gasteiger partial charge in [-0.1, -0.05) is 23.7 Å². The maximum Gasteiger partial charge on any atom is 0.176 e. The highest BCUT2D eigenvalue weighted by Gasteiger charge is 2.22. The predicted molar refractivity (Wildman–Crippen MR) is 114 cm³/mol. The molecule has 28 heavy (non-hydrogen) atoms. The van der Waals surface area contributed by atoms with Crippen LogP contribution in [-0.4, -0.2) is 57.2 Å². The van der Waals surface area contributed by atoms with Crippen molar-refractivity contribution in [2.45, 2.75) is 6.04 Å². The smallest absolute Gasteiger partial charge is 0.176 e. The predicted octanol–water partition coefficient (Wildman–Crippen LogP) is 3.96. The van der Waals surface area contributed by atoms with Gasteiger partial charge in [0.2, 0.25) is 0 Å². The lowest BCUT2D eigenvalue weighted by atomic mass is 10.0. The molecular formula is C21H24BrClN2O3. The summed E-state index contributed by atoms with van der Waals surface area (Å²) in [6.45, 7) is 4.13. The van der Waals surface area contributed by atoms with Crippen LogP contribution in [-0.2, 0) is 4.74 Å². The summed E-state index contributed by atoms with van der Waals surface area (Å²) in [7, 11) is 1.60. The van der Waals surface area contributed by atoms with Crippen molar-refractivity contribution in [3.8, 4) is 5.75 Å². The second kappa shape index (κ2) is 10.4. The molecule has 1 N–H and O–H groups in total. The van der Waals surface area contributed by atoms with Crippen molar-refractivity contribution >= 4 is 33.3 Å². The van der Waals surface area contributed by atoms with E-state index in [4.69, 9.17) is 21.1 Å². The zero-order chi connectivity index (χ0) is 19.9. The fourth-order valence-corrected chi connectivity index (χ4v) is 3.96. The van der Waals surface area contributed by atoms with Gasteiger partial charge in [0.15, 0.2) is 5.78 Å². The molecule has 1 fully saturated rings. The fourth-order valence-electron chi connectivity index (χ4n) is 3.30. The van der Waals surface area contributed by atoms with Crippen LogP contribution in [0.3, 0.4) is 0 Å². The Morgan fingerprint density at radius 1 is 1.25 bits per heavy atom. The van der Waals surface area contributed by atoms with Gasteiger partial charge >= 0.3 is 0 Å². The number of morpholine rings is 1. The van der Waals surface area contributed by atoms with Gasteiger partial charge in [0.25, 0.3) is 0 Å². The largest absolute Gasteiger partial charge is 0.496 e. The summed E-state index contributed by atoms with van der Waals surface area (Å²) in [6.07, 6.45) is 0. The number of carbonyl (C=O) groups is 1. The minimum Gasteiger partial charge on any atom is -0.496 e. The van der Waals surface area contributed by atoms with E-state index in [2.05, 4.69) is 26.1 Å². The molecule has 7 heteroatoms. The number of hydrogen-bond acceptors (Lipinski definition) is 5. The van der Waals surface area contributed by atoms with Crippen molar-refractivity contribution in [3.05, 3.63) is 63.1 Å². The van der Waals surface area contributed by atoms with Crippen LogP contribution in [0.5, 0.6) is 5.75 Å². The number of hydrogen-bond donors (Lipinski definition) is 1. The molecule has 150 valence electrons. The third-order valence-corrected chi connectivity index (χ3v) is 5.71. The Morgan fingerprint density at radius 2 is 1.96 bits per heavy atom. The Labute approximate surface area is 179 Å². The summed E-state index contributed by atoms with van der Waals surface area (Å²) in [6, 6.07) is 13.4. The number of ketones is 1. The standard InChI is InChI=1S/C21H24BrClN2O3/c1-27-21-7-4-16(12-18(21)22)20(26)14-24-13-19(25-8-10-28-11-9-25)15-2-5-17(23)6-3-15/h2-7,12,19,24H,8-11,13-14H2,1H3. The van der Waals surface area contributed by atoms with Crippen molar-refractivity contribution in [2.24, 2.45) is 0 Å². The number of Topliss-reactive ketones (excluding diaryl/α,β-unsaturated/α-hetero) is 1. The monoisotopic (exact) mass is 466 g/mol. The van der Waals surface area contributed by atoms with Gasteiger partial charge in [-0.2, -0.15) is 0 Å². The average molecular weight is 468 g/mol. The molecule has 0 radical (unpaired) electrons. The molecule has 1 aliphatic rings. The van der Waals surface area contributed by atoms with Gasteiger partial charge in [0, 0.05) is 36.3 Å². The first-order valence-corrected chi connectivity index (χ1v) is 10.4. The van der Waals surface area contributed by atoms with E-state index < -0.39 is 0 Å². The van der Waals surface area contributed by atoms with Crippen LogP contribution in [0.4, 0.5) is 0 Å². The normalized spacial score (nSPS) is 16.0. The van der Waals surface area contributed by atoms with Crippen molar-refractivity contribution in [3.63, 3.8) is 0 Å². The molecule has 1 saturated heterocycles. The summed E-state index contributed by atoms with van der Waals surface area (Å²) in [5.74, 6) is 0.750. The molecular weight excluding hydrogens is 444 g/mol. The third-order valence-electron chi connectivity index (χ3n) is 4.84. The number of halogens is 2. The third kappa shape index (κ3) is 5.55. The Hall–Kier alpha value is -1.44. The minimum atomic E-state index is 0.0418. The highest BCUT2D eigenvalue weighted by Crippen LogP contribution is 2.26. The lowest BCUT2D eigenvalue weighted by Gasteiger charge is -2.35. The fraction of sp³-hybridized carbons (Fsp3) is 0.381. The number of benzene rings is 2. The molecule has 0 saturated carbocycles. The van der Waals surface area contributed by atoms with E-state index >= 15 is 0 Å². The highest BCUT2D eigenvalue weighted by molar-refractivity contribution is 9.10. The molecule has 2 aromatic rings. The summed E-state index contributed by atoms with van der Waals surface area (Å²) in [4.78, 5) is 14.9. The first-order chi connectivity index (χ1) is 13.6. The first kappa shape index (κ1) is 21.3. The number of carbonyl (C=O) groups excluding carboxylic acids is 1. The second-order valence-corrected chi connectivity index (χ2v) is 7.91. The number of nitrogens with one attached hydrogen (secondary N) is 1. The maximum atomic E-state index is 12.6. The summed E-state index contributed by atoms with van der Waals surface area (Å²) in [5, 5.41) is 4.05. The van der Waals surface area contributed by atoms with E-state index in [1.807, 2.05) is 24.3 Å². The van der Waals surface area contributed by atoms with Gasteiger partial charge in [-0.15, -0.1) is 0 Å². The molecule has 2 aromatic carbocycles. The summed E-state index contributed by atoms with van der Waals surface area (Å²) >= 11 is 9.47. The molecule has 0 bridgehead atoms. The van der Waals surface area contributed by atoms with Gasteiger partial charge in [0.1, 0.15) is 5.75 Å². The van der Waals surface area contributed by atoms with Crippen molar-refractivity contribution in [1.82, 2.24) is 10.2 Å². The van der Waals surface area contributed by atoms with Gasteiger partial charge in [-0.3, -0.25) is 9.69 Å². The second-order valence-electron chi connectivity index (χ2n) is 6.62. The van der Waals surface area contributed by atoms with Crippen LogP contribution in [0.1, 0.15) is 22.0 Å². The van der Waals surface area contributed by atoms with Crippen LogP contribution < -0.4 is 10.1 Å². The van der Waals surface area contributed by atoms with Crippen LogP contribution in [0, 0.1) is 0 Å². The molecule has 1 atom stereocenters. The van der Waals surface area contributed by atoms with E-state index in [0.29, 0.717) is 17.9 Å². The molecule has 0 spiro atoms. The average Bonchev–Trinajstić information content (AvgIpc) is 2.72. The van der Waals surface area contributed by atoms with Crippen LogP contribution in [0.2, 0.25) is 5.02 Å². The summed E-state index contributed by atoms with van der Waals surface area (Å²) in [5.41, 5.74) is 1.83. The van der Waals surface area contributed by atoms with Crippen molar-refractivity contribution in [1.29, 1.82) is 0 Å². The Morgan fingerprint density at radius 3 is 2.61 bits per heavy atom. The number of ether oxygens (including phenoxy) is 2. The topological polar surface area (TPSA) is 50.8 Å². The number of rotatable bonds is 8. The van der Waals surface area contributed by atoms with E-state index in [0.717, 1.165) is 35.8 Å². The molecule has 0 aromatic heterocycles. The zero-order valence-corrected chi connectivity index (χ0v) is 18.1. The zero-order valence-electron chi connectivity index (χ0n) is 15.8. The lowest BCUT2D eigenvalue weighted by Crippen LogP contribution is -2.43. The molecule has 1 heterocycles. The maximum absolute atomic E-state index is 12.6. The molecule has 0 amide bonds. The van der Waals surface area contributed by atoms with E-state index in [9.17, 15) is 4.79 Å². The molecule has 3 rings (SSSR count). The van der Waals surface area contributed by atoms with E-state index in [1.54, 1.807) is 25.3 Å². The Bertz CT molecular complexity index is 795. The van der Waals surface area contributed by atoms with E-state index in [1.165, 1.54) is 5.56 Å². The molecule has 5 nitrogen and oxygen atoms in total. The van der Waals surface area contributed by atoms with E-state index in [-0.39, 0.29) is 18.4 Å². The highest BCUT2D eigenvalue weighted by atomic mass is 79.9. The van der Waals surface area contributed by atoms with Crippen LogP contribution in [0.25, 0.3) is 0 Å².